The van der Waals surface area contributed by atoms with Gasteiger partial charge in [0.15, 0.2) is 0 Å². The summed E-state index contributed by atoms with van der Waals surface area (Å²) in [6.07, 6.45) is 0. The second kappa shape index (κ2) is 8.89. The van der Waals surface area contributed by atoms with E-state index in [4.69, 9.17) is 0 Å². The highest BCUT2D eigenvalue weighted by Gasteiger charge is 2.44. The Balaban J connectivity index is 1.29. The summed E-state index contributed by atoms with van der Waals surface area (Å²) < 4.78 is 2.48. The first-order valence-corrected chi connectivity index (χ1v) is 17.3. The van der Waals surface area contributed by atoms with E-state index in [-0.39, 0.29) is 6.71 Å². The van der Waals surface area contributed by atoms with Gasteiger partial charge in [0.25, 0.3) is 0 Å². The summed E-state index contributed by atoms with van der Waals surface area (Å²) in [6, 6.07) is 52.8. The van der Waals surface area contributed by atoms with Crippen LogP contribution in [0, 0.1) is 13.8 Å². The van der Waals surface area contributed by atoms with Crippen LogP contribution in [0.4, 0.5) is 17.1 Å². The van der Waals surface area contributed by atoms with Crippen molar-refractivity contribution in [3.63, 3.8) is 0 Å². The molecule has 0 unspecified atom stereocenters. The molecule has 0 saturated heterocycles. The highest BCUT2D eigenvalue weighted by molar-refractivity contribution is 6.99. The number of aryl methyl sites for hydroxylation is 2. The van der Waals surface area contributed by atoms with Crippen LogP contribution in [0.15, 0.2) is 140 Å². The zero-order valence-electron chi connectivity index (χ0n) is 27.3. The molecule has 8 aromatic carbocycles. The Morgan fingerprint density at radius 2 is 0.959 bits per heavy atom. The molecule has 0 spiro atoms. The van der Waals surface area contributed by atoms with Gasteiger partial charge in [-0.3, -0.25) is 0 Å². The number of aromatic nitrogens is 1. The van der Waals surface area contributed by atoms with E-state index in [1.165, 1.54) is 116 Å². The zero-order chi connectivity index (χ0) is 32.1. The van der Waals surface area contributed by atoms with Gasteiger partial charge in [-0.25, -0.2) is 0 Å². The van der Waals surface area contributed by atoms with Crippen molar-refractivity contribution in [1.82, 2.24) is 4.57 Å². The molecule has 0 atom stereocenters. The van der Waals surface area contributed by atoms with Crippen molar-refractivity contribution in [2.75, 3.05) is 4.90 Å². The predicted octanol–water partition coefficient (Wildman–Crippen LogP) is 9.97. The number of fused-ring (bicyclic) bond motifs is 5. The average molecular weight is 621 g/mol. The molecule has 3 heteroatoms. The van der Waals surface area contributed by atoms with Crippen LogP contribution in [-0.2, 0) is 0 Å². The Kier molecular flexibility index (Phi) is 4.71. The topological polar surface area (TPSA) is 8.17 Å². The fourth-order valence-electron chi connectivity index (χ4n) is 9.85. The minimum atomic E-state index is 0.150. The number of hydrogen-bond acceptors (Lipinski definition) is 1. The smallest absolute Gasteiger partial charge is 0.247 e. The fraction of sp³-hybridized carbons (Fsp3) is 0.0435. The normalized spacial score (nSPS) is 13.4. The lowest BCUT2D eigenvalue weighted by Gasteiger charge is -2.46. The third-order valence-corrected chi connectivity index (χ3v) is 11.7. The van der Waals surface area contributed by atoms with Gasteiger partial charge in [-0.15, -0.1) is 0 Å². The summed E-state index contributed by atoms with van der Waals surface area (Å²) in [5, 5.41) is 7.87. The Labute approximate surface area is 284 Å². The van der Waals surface area contributed by atoms with E-state index in [2.05, 4.69) is 163 Å². The van der Waals surface area contributed by atoms with Crippen molar-refractivity contribution in [3.05, 3.63) is 151 Å². The largest absolute Gasteiger partial charge is 0.309 e. The second-order valence-electron chi connectivity index (χ2n) is 14.1. The molecule has 0 amide bonds. The quantitative estimate of drug-likeness (QED) is 0.175. The SMILES string of the molecule is Cc1cccc(C)c1B1c2ccc3cccc4c3c2N2c3c-4cc(-n4c5ccccc5c5ccccc54)cc3-c3cccc4ccc1c2c34. The third kappa shape index (κ3) is 3.06. The Morgan fingerprint density at radius 3 is 1.51 bits per heavy atom. The van der Waals surface area contributed by atoms with Crippen LogP contribution in [0.1, 0.15) is 11.1 Å². The van der Waals surface area contributed by atoms with Gasteiger partial charge in [0.2, 0.25) is 6.71 Å². The van der Waals surface area contributed by atoms with Crippen molar-refractivity contribution < 1.29 is 0 Å². The van der Waals surface area contributed by atoms with Crippen LogP contribution in [0.5, 0.6) is 0 Å². The first-order valence-electron chi connectivity index (χ1n) is 17.3. The van der Waals surface area contributed by atoms with Gasteiger partial charge in [-0.2, -0.15) is 0 Å². The summed E-state index contributed by atoms with van der Waals surface area (Å²) in [7, 11) is 0. The fourth-order valence-corrected chi connectivity index (χ4v) is 9.85. The Morgan fingerprint density at radius 1 is 0.449 bits per heavy atom. The van der Waals surface area contributed by atoms with E-state index in [0.29, 0.717) is 0 Å². The van der Waals surface area contributed by atoms with Crippen LogP contribution in [0.25, 0.3) is 71.3 Å². The van der Waals surface area contributed by atoms with Crippen molar-refractivity contribution >= 4 is 83.5 Å². The third-order valence-electron chi connectivity index (χ3n) is 11.7. The predicted molar refractivity (Wildman–Crippen MR) is 209 cm³/mol. The summed E-state index contributed by atoms with van der Waals surface area (Å²) in [5.41, 5.74) is 19.8. The zero-order valence-corrected chi connectivity index (χ0v) is 27.3. The first kappa shape index (κ1) is 26.0. The van der Waals surface area contributed by atoms with E-state index >= 15 is 0 Å². The molecule has 2 nitrogen and oxygen atoms in total. The molecule has 0 N–H and O–H groups in total. The van der Waals surface area contributed by atoms with Gasteiger partial charge in [0.05, 0.1) is 16.7 Å². The molecule has 3 aliphatic heterocycles. The van der Waals surface area contributed by atoms with Crippen molar-refractivity contribution in [2.45, 2.75) is 13.8 Å². The molecule has 226 valence electrons. The van der Waals surface area contributed by atoms with Crippen molar-refractivity contribution in [2.24, 2.45) is 0 Å². The minimum absolute atomic E-state index is 0.150. The molecular formula is C46H29BN2. The Hall–Kier alpha value is -6.06. The Bertz CT molecular complexity index is 2790. The maximum Gasteiger partial charge on any atom is 0.247 e. The number of benzene rings is 8. The number of nitrogens with zero attached hydrogens (tertiary/aromatic N) is 2. The molecule has 4 heterocycles. The average Bonchev–Trinajstić information content (AvgIpc) is 3.48. The summed E-state index contributed by atoms with van der Waals surface area (Å²) in [5.74, 6) is 0. The van der Waals surface area contributed by atoms with Gasteiger partial charge in [-0.1, -0.05) is 132 Å². The molecule has 3 aliphatic rings. The lowest BCUT2D eigenvalue weighted by molar-refractivity contribution is 1.17. The van der Waals surface area contributed by atoms with Crippen LogP contribution >= 0.6 is 0 Å². The van der Waals surface area contributed by atoms with E-state index in [0.717, 1.165) is 0 Å². The van der Waals surface area contributed by atoms with Gasteiger partial charge >= 0.3 is 0 Å². The van der Waals surface area contributed by atoms with Crippen LogP contribution in [-0.4, -0.2) is 11.3 Å². The lowest BCUT2D eigenvalue weighted by atomic mass is 9.33. The highest BCUT2D eigenvalue weighted by atomic mass is 15.2. The van der Waals surface area contributed by atoms with Gasteiger partial charge in [-0.05, 0) is 70.9 Å². The summed E-state index contributed by atoms with van der Waals surface area (Å²) >= 11 is 0. The highest BCUT2D eigenvalue weighted by Crippen LogP contribution is 2.60. The van der Waals surface area contributed by atoms with E-state index in [1.54, 1.807) is 0 Å². The number of anilines is 3. The molecule has 0 bridgehead atoms. The molecule has 1 aromatic heterocycles. The first-order chi connectivity index (χ1) is 24.2. The van der Waals surface area contributed by atoms with Gasteiger partial charge in [0.1, 0.15) is 0 Å². The van der Waals surface area contributed by atoms with E-state index in [1.807, 2.05) is 0 Å². The summed E-state index contributed by atoms with van der Waals surface area (Å²) in [6.45, 7) is 4.72. The maximum atomic E-state index is 2.67. The van der Waals surface area contributed by atoms with Gasteiger partial charge in [0, 0.05) is 49.7 Å². The molecule has 12 rings (SSSR count). The monoisotopic (exact) mass is 620 g/mol. The molecule has 49 heavy (non-hydrogen) atoms. The van der Waals surface area contributed by atoms with Crippen LogP contribution < -0.4 is 21.3 Å². The van der Waals surface area contributed by atoms with Crippen molar-refractivity contribution in [1.29, 1.82) is 0 Å². The number of para-hydroxylation sites is 2. The lowest BCUT2D eigenvalue weighted by Crippen LogP contribution is -2.59. The molecule has 9 aromatic rings. The molecule has 0 radical (unpaired) electrons. The van der Waals surface area contributed by atoms with Crippen LogP contribution in [0.3, 0.4) is 0 Å². The van der Waals surface area contributed by atoms with Crippen molar-refractivity contribution in [3.8, 4) is 27.9 Å². The minimum Gasteiger partial charge on any atom is -0.309 e. The summed E-state index contributed by atoms with van der Waals surface area (Å²) in [4.78, 5) is 2.67. The second-order valence-corrected chi connectivity index (χ2v) is 14.1. The standard InChI is InChI=1S/C46H29BN2/c1-26-10-7-11-27(2)43(26)47-37-22-20-28-12-8-16-33-35-24-30(48-39-18-5-3-14-31(39)32-15-4-6-19-40(32)48)25-36-34-17-9-13-29-21-23-38(47)46(42(29)34)49(44(35)36)45(37)41(28)33/h3-25H,1-2H3. The van der Waals surface area contributed by atoms with E-state index in [9.17, 15) is 0 Å². The van der Waals surface area contributed by atoms with E-state index < -0.39 is 0 Å². The van der Waals surface area contributed by atoms with Gasteiger partial charge < -0.3 is 9.47 Å². The number of hydrogen-bond donors (Lipinski definition) is 0. The maximum absolute atomic E-state index is 2.67. The van der Waals surface area contributed by atoms with Crippen LogP contribution in [0.2, 0.25) is 0 Å². The number of rotatable bonds is 2. The molecule has 0 fully saturated rings. The molecular weight excluding hydrogens is 591 g/mol. The molecule has 0 saturated carbocycles. The molecule has 0 aliphatic carbocycles.